The molecular weight excluding hydrogens is 278 g/mol. The van der Waals surface area contributed by atoms with Gasteiger partial charge in [-0.25, -0.2) is 4.79 Å². The molecule has 0 aromatic heterocycles. The van der Waals surface area contributed by atoms with Crippen LogP contribution in [0.3, 0.4) is 0 Å². The largest absolute Gasteiger partial charge is 0.462 e. The van der Waals surface area contributed by atoms with Gasteiger partial charge in [-0.15, -0.1) is 0 Å². The van der Waals surface area contributed by atoms with Gasteiger partial charge in [0.05, 0.1) is 12.2 Å². The van der Waals surface area contributed by atoms with Crippen LogP contribution in [-0.4, -0.2) is 18.5 Å². The molecule has 0 spiro atoms. The van der Waals surface area contributed by atoms with E-state index in [0.717, 1.165) is 11.1 Å². The number of anilines is 1. The van der Waals surface area contributed by atoms with Crippen LogP contribution in [0.2, 0.25) is 0 Å². The highest BCUT2D eigenvalue weighted by Gasteiger charge is 2.10. The monoisotopic (exact) mass is 297 g/mol. The zero-order chi connectivity index (χ0) is 16.1. The summed E-state index contributed by atoms with van der Waals surface area (Å²) in [4.78, 5) is 24.0. The molecule has 0 aliphatic carbocycles. The minimum absolute atomic E-state index is 0.201. The molecule has 0 heterocycles. The van der Waals surface area contributed by atoms with Gasteiger partial charge in [-0.05, 0) is 51.1 Å². The third-order valence-corrected chi connectivity index (χ3v) is 3.12. The van der Waals surface area contributed by atoms with Crippen LogP contribution in [0, 0.1) is 13.8 Å². The Hall–Kier alpha value is -2.62. The average molecular weight is 297 g/mol. The number of hydrogen-bond acceptors (Lipinski definition) is 3. The van der Waals surface area contributed by atoms with E-state index in [9.17, 15) is 9.59 Å². The van der Waals surface area contributed by atoms with Gasteiger partial charge in [0.2, 0.25) is 0 Å². The van der Waals surface area contributed by atoms with Gasteiger partial charge < -0.3 is 10.1 Å². The zero-order valence-corrected chi connectivity index (χ0v) is 13.0. The summed E-state index contributed by atoms with van der Waals surface area (Å²) in [5.41, 5.74) is 3.64. The lowest BCUT2D eigenvalue weighted by Crippen LogP contribution is -2.13. The maximum Gasteiger partial charge on any atom is 0.338 e. The van der Waals surface area contributed by atoms with Crippen LogP contribution in [-0.2, 0) is 4.74 Å². The average Bonchev–Trinajstić information content (AvgIpc) is 2.46. The normalized spacial score (nSPS) is 10.1. The Morgan fingerprint density at radius 3 is 2.32 bits per heavy atom. The Bertz CT molecular complexity index is 687. The molecule has 0 bridgehead atoms. The van der Waals surface area contributed by atoms with Gasteiger partial charge in [-0.1, -0.05) is 23.3 Å². The zero-order valence-electron chi connectivity index (χ0n) is 13.0. The first kappa shape index (κ1) is 15.8. The molecule has 0 radical (unpaired) electrons. The lowest BCUT2D eigenvalue weighted by atomic mass is 10.1. The van der Waals surface area contributed by atoms with Crippen LogP contribution in [0.1, 0.15) is 38.8 Å². The lowest BCUT2D eigenvalue weighted by Gasteiger charge is -2.08. The Morgan fingerprint density at radius 1 is 1.00 bits per heavy atom. The summed E-state index contributed by atoms with van der Waals surface area (Å²) in [6.45, 7) is 5.97. The molecule has 1 amide bonds. The molecule has 0 fully saturated rings. The second-order valence-electron chi connectivity index (χ2n) is 5.13. The highest BCUT2D eigenvalue weighted by atomic mass is 16.5. The SMILES string of the molecule is CCOC(=O)c1cccc(NC(=O)c2cc(C)cc(C)c2)c1. The number of esters is 1. The predicted molar refractivity (Wildman–Crippen MR) is 86.3 cm³/mol. The van der Waals surface area contributed by atoms with Crippen molar-refractivity contribution in [1.82, 2.24) is 0 Å². The summed E-state index contributed by atoms with van der Waals surface area (Å²) in [5.74, 6) is -0.599. The molecule has 0 saturated carbocycles. The van der Waals surface area contributed by atoms with E-state index in [1.54, 1.807) is 31.2 Å². The molecule has 1 N–H and O–H groups in total. The summed E-state index contributed by atoms with van der Waals surface area (Å²) in [6.07, 6.45) is 0. The molecule has 2 aromatic rings. The van der Waals surface area contributed by atoms with Gasteiger partial charge in [0, 0.05) is 11.3 Å². The molecule has 2 rings (SSSR count). The van der Waals surface area contributed by atoms with Crippen LogP contribution in [0.4, 0.5) is 5.69 Å². The number of benzene rings is 2. The molecule has 4 heteroatoms. The van der Waals surface area contributed by atoms with Crippen LogP contribution in [0.5, 0.6) is 0 Å². The molecule has 22 heavy (non-hydrogen) atoms. The molecule has 4 nitrogen and oxygen atoms in total. The molecule has 0 unspecified atom stereocenters. The maximum atomic E-state index is 12.3. The predicted octanol–water partition coefficient (Wildman–Crippen LogP) is 3.73. The number of carbonyl (C=O) groups excluding carboxylic acids is 2. The minimum Gasteiger partial charge on any atom is -0.462 e. The Kier molecular flexibility index (Phi) is 4.94. The number of ether oxygens (including phenoxy) is 1. The van der Waals surface area contributed by atoms with Gasteiger partial charge in [0.1, 0.15) is 0 Å². The van der Waals surface area contributed by atoms with Gasteiger partial charge >= 0.3 is 5.97 Å². The highest BCUT2D eigenvalue weighted by Crippen LogP contribution is 2.15. The first-order valence-corrected chi connectivity index (χ1v) is 7.16. The highest BCUT2D eigenvalue weighted by molar-refractivity contribution is 6.05. The van der Waals surface area contributed by atoms with Crippen LogP contribution >= 0.6 is 0 Å². The van der Waals surface area contributed by atoms with Crippen molar-refractivity contribution in [1.29, 1.82) is 0 Å². The van der Waals surface area contributed by atoms with Crippen LogP contribution < -0.4 is 5.32 Å². The number of aryl methyl sites for hydroxylation is 2. The van der Waals surface area contributed by atoms with Crippen molar-refractivity contribution in [3.05, 3.63) is 64.7 Å². The van der Waals surface area contributed by atoms with E-state index < -0.39 is 5.97 Å². The third kappa shape index (κ3) is 3.95. The van der Waals surface area contributed by atoms with E-state index in [1.165, 1.54) is 0 Å². The van der Waals surface area contributed by atoms with Crippen molar-refractivity contribution in [2.45, 2.75) is 20.8 Å². The minimum atomic E-state index is -0.398. The van der Waals surface area contributed by atoms with Crippen molar-refractivity contribution >= 4 is 17.6 Å². The smallest absolute Gasteiger partial charge is 0.338 e. The summed E-state index contributed by atoms with van der Waals surface area (Å²) in [5, 5.41) is 2.80. The van der Waals surface area contributed by atoms with Crippen LogP contribution in [0.15, 0.2) is 42.5 Å². The van der Waals surface area contributed by atoms with Crippen molar-refractivity contribution in [2.24, 2.45) is 0 Å². The van der Waals surface area contributed by atoms with E-state index >= 15 is 0 Å². The molecule has 114 valence electrons. The fourth-order valence-electron chi connectivity index (χ4n) is 2.25. The number of nitrogens with one attached hydrogen (secondary N) is 1. The first-order chi connectivity index (χ1) is 10.5. The van der Waals surface area contributed by atoms with E-state index in [1.807, 2.05) is 32.0 Å². The quantitative estimate of drug-likeness (QED) is 0.875. The Labute approximate surface area is 130 Å². The Morgan fingerprint density at radius 2 is 1.68 bits per heavy atom. The maximum absolute atomic E-state index is 12.3. The second kappa shape index (κ2) is 6.89. The van der Waals surface area contributed by atoms with E-state index in [2.05, 4.69) is 5.32 Å². The van der Waals surface area contributed by atoms with E-state index in [0.29, 0.717) is 23.4 Å². The van der Waals surface area contributed by atoms with Gasteiger partial charge in [-0.2, -0.15) is 0 Å². The van der Waals surface area contributed by atoms with Crippen molar-refractivity contribution in [3.63, 3.8) is 0 Å². The van der Waals surface area contributed by atoms with Gasteiger partial charge in [-0.3, -0.25) is 4.79 Å². The molecule has 0 saturated heterocycles. The summed E-state index contributed by atoms with van der Waals surface area (Å²) in [7, 11) is 0. The van der Waals surface area contributed by atoms with Gasteiger partial charge in [0.25, 0.3) is 5.91 Å². The Balaban J connectivity index is 2.18. The number of rotatable bonds is 4. The summed E-state index contributed by atoms with van der Waals surface area (Å²) < 4.78 is 4.95. The van der Waals surface area contributed by atoms with E-state index in [4.69, 9.17) is 4.74 Å². The fourth-order valence-corrected chi connectivity index (χ4v) is 2.25. The number of amides is 1. The summed E-state index contributed by atoms with van der Waals surface area (Å²) >= 11 is 0. The van der Waals surface area contributed by atoms with Crippen molar-refractivity contribution in [2.75, 3.05) is 11.9 Å². The summed E-state index contributed by atoms with van der Waals surface area (Å²) in [6, 6.07) is 12.4. The molecule has 0 aliphatic heterocycles. The molecule has 2 aromatic carbocycles. The fraction of sp³-hybridized carbons (Fsp3) is 0.222. The van der Waals surface area contributed by atoms with E-state index in [-0.39, 0.29) is 5.91 Å². The molecule has 0 aliphatic rings. The first-order valence-electron chi connectivity index (χ1n) is 7.16. The standard InChI is InChI=1S/C18H19NO3/c1-4-22-18(21)14-6-5-7-16(11-14)19-17(20)15-9-12(2)8-13(3)10-15/h5-11H,4H2,1-3H3,(H,19,20). The van der Waals surface area contributed by atoms with Crippen LogP contribution in [0.25, 0.3) is 0 Å². The van der Waals surface area contributed by atoms with Crippen molar-refractivity contribution < 1.29 is 14.3 Å². The third-order valence-electron chi connectivity index (χ3n) is 3.12. The van der Waals surface area contributed by atoms with Crippen molar-refractivity contribution in [3.8, 4) is 0 Å². The second-order valence-corrected chi connectivity index (χ2v) is 5.13. The molecule has 0 atom stereocenters. The molecular formula is C18H19NO3. The number of carbonyl (C=O) groups is 2. The topological polar surface area (TPSA) is 55.4 Å². The lowest BCUT2D eigenvalue weighted by molar-refractivity contribution is 0.0526. The van der Waals surface area contributed by atoms with Gasteiger partial charge in [0.15, 0.2) is 0 Å². The number of hydrogen-bond donors (Lipinski definition) is 1.